The highest BCUT2D eigenvalue weighted by molar-refractivity contribution is 7.90. The third-order valence-corrected chi connectivity index (χ3v) is 7.57. The molecule has 6 nitrogen and oxygen atoms in total. The topological polar surface area (TPSA) is 72.3 Å². The predicted molar refractivity (Wildman–Crippen MR) is 137 cm³/mol. The Labute approximate surface area is 214 Å². The highest BCUT2D eigenvalue weighted by atomic mass is 35.5. The van der Waals surface area contributed by atoms with Crippen molar-refractivity contribution >= 4 is 27.3 Å². The van der Waals surface area contributed by atoms with Crippen molar-refractivity contribution < 1.29 is 17.6 Å². The van der Waals surface area contributed by atoms with Crippen LogP contribution in [0.2, 0.25) is 5.02 Å². The minimum absolute atomic E-state index is 0.0691. The molecule has 36 heavy (non-hydrogen) atoms. The van der Waals surface area contributed by atoms with Crippen molar-refractivity contribution in [2.75, 3.05) is 6.54 Å². The van der Waals surface area contributed by atoms with Gasteiger partial charge in [-0.3, -0.25) is 4.79 Å². The van der Waals surface area contributed by atoms with E-state index in [1.54, 1.807) is 39.8 Å². The lowest BCUT2D eigenvalue weighted by atomic mass is 10.2. The van der Waals surface area contributed by atoms with E-state index >= 15 is 0 Å². The van der Waals surface area contributed by atoms with Crippen LogP contribution in [0.3, 0.4) is 0 Å². The first kappa shape index (κ1) is 25.6. The molecule has 0 radical (unpaired) electrons. The van der Waals surface area contributed by atoms with E-state index in [1.165, 1.54) is 24.4 Å². The zero-order valence-electron chi connectivity index (χ0n) is 19.6. The van der Waals surface area contributed by atoms with Crippen molar-refractivity contribution in [1.29, 1.82) is 0 Å². The summed E-state index contributed by atoms with van der Waals surface area (Å²) in [5.41, 5.74) is 1.91. The lowest BCUT2D eigenvalue weighted by Crippen LogP contribution is -2.31. The number of carbonyl (C=O) groups is 1. The SMILES string of the molecule is CCN(Cc1cnc(S(=O)(=O)Cc2ccccc2F)n1Cc1ccccc1)C(=O)c1cccc(Cl)c1. The summed E-state index contributed by atoms with van der Waals surface area (Å²) in [6.45, 7) is 2.59. The van der Waals surface area contributed by atoms with Crippen LogP contribution in [0.5, 0.6) is 0 Å². The van der Waals surface area contributed by atoms with Gasteiger partial charge in [-0.2, -0.15) is 0 Å². The number of aromatic nitrogens is 2. The molecule has 0 unspecified atom stereocenters. The van der Waals surface area contributed by atoms with Crippen LogP contribution in [0.25, 0.3) is 0 Å². The summed E-state index contributed by atoms with van der Waals surface area (Å²) in [5, 5.41) is 0.281. The van der Waals surface area contributed by atoms with E-state index < -0.39 is 21.4 Å². The molecule has 0 saturated carbocycles. The third kappa shape index (κ3) is 5.83. The Morgan fingerprint density at radius 1 is 1.03 bits per heavy atom. The minimum Gasteiger partial charge on any atom is -0.333 e. The standard InChI is InChI=1S/C27H25ClFN3O3S/c1-2-31(26(33)21-12-8-13-23(28)15-21)18-24-16-30-27(32(24)17-20-9-4-3-5-10-20)36(34,35)19-22-11-6-7-14-25(22)29/h3-16H,2,17-19H2,1H3. The fourth-order valence-corrected chi connectivity index (χ4v) is 5.61. The van der Waals surface area contributed by atoms with E-state index in [-0.39, 0.29) is 29.7 Å². The fourth-order valence-electron chi connectivity index (χ4n) is 3.91. The van der Waals surface area contributed by atoms with Gasteiger partial charge in [-0.15, -0.1) is 0 Å². The minimum atomic E-state index is -4.00. The highest BCUT2D eigenvalue weighted by Crippen LogP contribution is 2.22. The van der Waals surface area contributed by atoms with E-state index in [4.69, 9.17) is 11.6 Å². The molecule has 0 aliphatic heterocycles. The van der Waals surface area contributed by atoms with Crippen LogP contribution in [-0.4, -0.2) is 35.3 Å². The Bertz CT molecular complexity index is 1470. The third-order valence-electron chi connectivity index (χ3n) is 5.76. The second-order valence-corrected chi connectivity index (χ2v) is 10.6. The molecule has 1 aromatic heterocycles. The van der Waals surface area contributed by atoms with Crippen molar-refractivity contribution in [2.45, 2.75) is 30.9 Å². The number of imidazole rings is 1. The van der Waals surface area contributed by atoms with Crippen molar-refractivity contribution in [3.8, 4) is 0 Å². The van der Waals surface area contributed by atoms with Gasteiger partial charge in [0.05, 0.1) is 30.7 Å². The number of benzene rings is 3. The van der Waals surface area contributed by atoms with Gasteiger partial charge < -0.3 is 9.47 Å². The molecule has 186 valence electrons. The lowest BCUT2D eigenvalue weighted by molar-refractivity contribution is 0.0749. The maximum Gasteiger partial charge on any atom is 0.254 e. The smallest absolute Gasteiger partial charge is 0.254 e. The van der Waals surface area contributed by atoms with Gasteiger partial charge in [0.25, 0.3) is 5.91 Å². The molecule has 4 aromatic rings. The first-order valence-corrected chi connectivity index (χ1v) is 13.4. The zero-order chi connectivity index (χ0) is 25.7. The maximum absolute atomic E-state index is 14.2. The Morgan fingerprint density at radius 2 is 1.75 bits per heavy atom. The van der Waals surface area contributed by atoms with Crippen molar-refractivity contribution in [3.05, 3.63) is 118 Å². The van der Waals surface area contributed by atoms with Gasteiger partial charge in [0.2, 0.25) is 15.0 Å². The van der Waals surface area contributed by atoms with Crippen molar-refractivity contribution in [2.24, 2.45) is 0 Å². The van der Waals surface area contributed by atoms with E-state index in [0.717, 1.165) is 5.56 Å². The number of amides is 1. The number of rotatable bonds is 9. The Balaban J connectivity index is 1.71. The summed E-state index contributed by atoms with van der Waals surface area (Å²) in [6, 6.07) is 21.8. The van der Waals surface area contributed by atoms with E-state index in [9.17, 15) is 17.6 Å². The highest BCUT2D eigenvalue weighted by Gasteiger charge is 2.26. The number of hydrogen-bond donors (Lipinski definition) is 0. The average molecular weight is 526 g/mol. The van der Waals surface area contributed by atoms with Gasteiger partial charge in [0, 0.05) is 22.7 Å². The molecule has 0 spiro atoms. The average Bonchev–Trinajstić information content (AvgIpc) is 3.27. The first-order valence-electron chi connectivity index (χ1n) is 11.4. The number of nitrogens with zero attached hydrogens (tertiary/aromatic N) is 3. The molecule has 0 bridgehead atoms. The molecule has 0 N–H and O–H groups in total. The molecule has 0 saturated heterocycles. The molecule has 4 rings (SSSR count). The maximum atomic E-state index is 14.2. The summed E-state index contributed by atoms with van der Waals surface area (Å²) in [6.07, 6.45) is 1.46. The van der Waals surface area contributed by atoms with Gasteiger partial charge in [-0.25, -0.2) is 17.8 Å². The molecule has 3 aromatic carbocycles. The Kier molecular flexibility index (Phi) is 7.86. The van der Waals surface area contributed by atoms with Crippen LogP contribution in [0.1, 0.15) is 34.1 Å². The van der Waals surface area contributed by atoms with E-state index in [2.05, 4.69) is 4.98 Å². The van der Waals surface area contributed by atoms with Crippen LogP contribution in [0.15, 0.2) is 90.2 Å². The molecule has 0 aliphatic carbocycles. The van der Waals surface area contributed by atoms with Crippen LogP contribution in [0, 0.1) is 5.82 Å². The van der Waals surface area contributed by atoms with E-state index in [1.807, 2.05) is 37.3 Å². The second-order valence-electron chi connectivity index (χ2n) is 8.28. The summed E-state index contributed by atoms with van der Waals surface area (Å²) in [7, 11) is -4.00. The fraction of sp³-hybridized carbons (Fsp3) is 0.185. The normalized spacial score (nSPS) is 11.4. The van der Waals surface area contributed by atoms with Gasteiger partial charge in [0.1, 0.15) is 5.82 Å². The summed E-state index contributed by atoms with van der Waals surface area (Å²) >= 11 is 6.07. The monoisotopic (exact) mass is 525 g/mol. The summed E-state index contributed by atoms with van der Waals surface area (Å²) < 4.78 is 42.6. The molecule has 1 amide bonds. The van der Waals surface area contributed by atoms with Crippen LogP contribution in [-0.2, 0) is 28.7 Å². The van der Waals surface area contributed by atoms with Gasteiger partial charge >= 0.3 is 0 Å². The molecule has 9 heteroatoms. The number of sulfone groups is 1. The molecule has 1 heterocycles. The molecular formula is C27H25ClFN3O3S. The van der Waals surface area contributed by atoms with Crippen molar-refractivity contribution in [1.82, 2.24) is 14.5 Å². The largest absolute Gasteiger partial charge is 0.333 e. The lowest BCUT2D eigenvalue weighted by Gasteiger charge is -2.22. The summed E-state index contributed by atoms with van der Waals surface area (Å²) in [4.78, 5) is 19.0. The van der Waals surface area contributed by atoms with E-state index in [0.29, 0.717) is 22.8 Å². The van der Waals surface area contributed by atoms with Crippen molar-refractivity contribution in [3.63, 3.8) is 0 Å². The first-order chi connectivity index (χ1) is 17.3. The quantitative estimate of drug-likeness (QED) is 0.295. The number of halogens is 2. The summed E-state index contributed by atoms with van der Waals surface area (Å²) in [5.74, 6) is -1.35. The molecular weight excluding hydrogens is 501 g/mol. The predicted octanol–water partition coefficient (Wildman–Crippen LogP) is 5.36. The second kappa shape index (κ2) is 11.1. The zero-order valence-corrected chi connectivity index (χ0v) is 21.2. The Morgan fingerprint density at radius 3 is 2.44 bits per heavy atom. The van der Waals surface area contributed by atoms with Gasteiger partial charge in [-0.05, 0) is 36.8 Å². The van der Waals surface area contributed by atoms with Crippen LogP contribution < -0.4 is 0 Å². The van der Waals surface area contributed by atoms with Crippen LogP contribution in [0.4, 0.5) is 4.39 Å². The number of hydrogen-bond acceptors (Lipinski definition) is 4. The Hall–Kier alpha value is -3.49. The van der Waals surface area contributed by atoms with Gasteiger partial charge in [0.15, 0.2) is 0 Å². The number of carbonyl (C=O) groups excluding carboxylic acids is 1. The molecule has 0 fully saturated rings. The van der Waals surface area contributed by atoms with Gasteiger partial charge in [-0.1, -0.05) is 66.2 Å². The molecule has 0 aliphatic rings. The van der Waals surface area contributed by atoms with Crippen LogP contribution >= 0.6 is 11.6 Å². The molecule has 0 atom stereocenters.